The van der Waals surface area contributed by atoms with Crippen molar-refractivity contribution in [3.8, 4) is 11.5 Å². The Labute approximate surface area is 262 Å². The van der Waals surface area contributed by atoms with E-state index in [1.165, 1.54) is 75.5 Å². The quantitative estimate of drug-likeness (QED) is 0.127. The van der Waals surface area contributed by atoms with E-state index in [1.54, 1.807) is 18.4 Å². The predicted molar refractivity (Wildman–Crippen MR) is 167 cm³/mol. The highest BCUT2D eigenvalue weighted by molar-refractivity contribution is 7.09. The van der Waals surface area contributed by atoms with E-state index in [4.69, 9.17) is 9.47 Å². The first kappa shape index (κ1) is 34.8. The van der Waals surface area contributed by atoms with Crippen molar-refractivity contribution < 1.29 is 35.8 Å². The predicted octanol–water partition coefficient (Wildman–Crippen LogP) is 5.67. The summed E-state index contributed by atoms with van der Waals surface area (Å²) in [6.45, 7) is 5.72. The van der Waals surface area contributed by atoms with Gasteiger partial charge in [-0.3, -0.25) is 4.79 Å². The number of methoxy groups -OCH3 is 1. The van der Waals surface area contributed by atoms with Gasteiger partial charge in [0.25, 0.3) is 0 Å². The molecule has 41 heavy (non-hydrogen) atoms. The van der Waals surface area contributed by atoms with Crippen LogP contribution in [0.25, 0.3) is 0 Å². The normalized spacial score (nSPS) is 10.7. The number of hydrogen-bond acceptors (Lipinski definition) is 4. The smallest absolute Gasteiger partial charge is 0.228 e. The molecule has 0 atom stereocenters. The van der Waals surface area contributed by atoms with Gasteiger partial charge in [-0.15, -0.1) is 0 Å². The maximum absolute atomic E-state index is 13.1. The number of hydrogen-bond donors (Lipinski definition) is 1. The second-order valence-corrected chi connectivity index (χ2v) is 11.8. The first-order valence-corrected chi connectivity index (χ1v) is 16.1. The number of amides is 1. The number of carbonyl (C=O) groups excluding carboxylic acids is 1. The molecule has 1 aromatic heterocycles. The van der Waals surface area contributed by atoms with E-state index >= 15 is 0 Å². The highest BCUT2D eigenvalue weighted by Crippen LogP contribution is 2.32. The zero-order chi connectivity index (χ0) is 28.4. The number of thiazole rings is 1. The van der Waals surface area contributed by atoms with Gasteiger partial charge in [-0.25, -0.2) is 0 Å². The van der Waals surface area contributed by atoms with Crippen molar-refractivity contribution in [1.29, 1.82) is 0 Å². The van der Waals surface area contributed by atoms with Gasteiger partial charge in [-0.2, -0.15) is 4.57 Å². The first-order valence-electron chi connectivity index (χ1n) is 15.2. The van der Waals surface area contributed by atoms with Gasteiger partial charge in [-0.1, -0.05) is 119 Å². The molecule has 1 heterocycles. The van der Waals surface area contributed by atoms with Crippen LogP contribution >= 0.6 is 11.3 Å². The van der Waals surface area contributed by atoms with Gasteiger partial charge in [0.15, 0.2) is 24.2 Å². The monoisotopic (exact) mass is 644 g/mol. The number of unbranched alkanes of at least 4 members (excludes halogenated alkanes) is 11. The van der Waals surface area contributed by atoms with Gasteiger partial charge in [0, 0.05) is 11.1 Å². The van der Waals surface area contributed by atoms with E-state index in [-0.39, 0.29) is 29.3 Å². The van der Waals surface area contributed by atoms with Crippen LogP contribution in [0.2, 0.25) is 0 Å². The Morgan fingerprint density at radius 1 is 0.854 bits per heavy atom. The number of anilines is 1. The number of nitrogens with zero attached hydrogens (tertiary/aromatic N) is 1. The fourth-order valence-electron chi connectivity index (χ4n) is 5.01. The summed E-state index contributed by atoms with van der Waals surface area (Å²) in [6, 6.07) is 13.8. The van der Waals surface area contributed by atoms with Gasteiger partial charge in [0.2, 0.25) is 11.4 Å². The lowest BCUT2D eigenvalue weighted by molar-refractivity contribution is -0.683. The van der Waals surface area contributed by atoms with Gasteiger partial charge >= 0.3 is 0 Å². The Kier molecular flexibility index (Phi) is 17.4. The highest BCUT2D eigenvalue weighted by Gasteiger charge is 2.16. The molecule has 1 N–H and O–H groups in total. The van der Waals surface area contributed by atoms with Crippen LogP contribution in [0.4, 0.5) is 5.69 Å². The topological polar surface area (TPSA) is 51.4 Å². The van der Waals surface area contributed by atoms with E-state index in [0.29, 0.717) is 24.7 Å². The van der Waals surface area contributed by atoms with E-state index in [0.717, 1.165) is 23.2 Å². The summed E-state index contributed by atoms with van der Waals surface area (Å²) in [5, 5.41) is 3.12. The van der Waals surface area contributed by atoms with Crippen LogP contribution < -0.4 is 36.3 Å². The standard InChI is InChI=1S/C34H48N2O3S.BrH/c1-4-5-6-7-8-9-10-11-12-13-14-17-23-39-34-29(20-18-22-32(34)38-3)24-33(37)35-31-21-16-15-19-30(31)26-36-25-28(2)40-27-36;/h15-16,18-22,25,27H,4-14,17,23-24,26H2,1-3H3;1H. The molecule has 226 valence electrons. The molecule has 0 radical (unpaired) electrons. The Hall–Kier alpha value is -2.38. The summed E-state index contributed by atoms with van der Waals surface area (Å²) in [4.78, 5) is 14.4. The number of carbonyl (C=O) groups is 1. The molecule has 0 aliphatic carbocycles. The number of ether oxygens (including phenoxy) is 2. The Morgan fingerprint density at radius 3 is 2.12 bits per heavy atom. The average Bonchev–Trinajstić information content (AvgIpc) is 3.37. The fraction of sp³-hybridized carbons (Fsp3) is 0.529. The molecule has 0 fully saturated rings. The molecule has 0 bridgehead atoms. The van der Waals surface area contributed by atoms with Crippen LogP contribution in [0.3, 0.4) is 0 Å². The van der Waals surface area contributed by atoms with Crippen molar-refractivity contribution in [2.75, 3.05) is 19.0 Å². The number of nitrogens with one attached hydrogen (secondary N) is 1. The summed E-state index contributed by atoms with van der Waals surface area (Å²) in [6.07, 6.45) is 18.1. The molecule has 0 aliphatic rings. The number of aromatic nitrogens is 1. The van der Waals surface area contributed by atoms with Gasteiger partial charge in [-0.05, 0) is 25.5 Å². The van der Waals surface area contributed by atoms with Gasteiger partial charge in [0.1, 0.15) is 0 Å². The summed E-state index contributed by atoms with van der Waals surface area (Å²) < 4.78 is 13.9. The van der Waals surface area contributed by atoms with E-state index in [1.807, 2.05) is 36.4 Å². The molecular formula is C34H49BrN2O3S. The lowest BCUT2D eigenvalue weighted by atomic mass is 10.1. The van der Waals surface area contributed by atoms with Crippen molar-refractivity contribution in [2.24, 2.45) is 0 Å². The molecule has 0 unspecified atom stereocenters. The highest BCUT2D eigenvalue weighted by atomic mass is 79.9. The molecule has 5 nitrogen and oxygen atoms in total. The van der Waals surface area contributed by atoms with Crippen molar-refractivity contribution in [3.63, 3.8) is 0 Å². The third-order valence-corrected chi connectivity index (χ3v) is 8.10. The van der Waals surface area contributed by atoms with E-state index < -0.39 is 0 Å². The number of benzene rings is 2. The number of para-hydroxylation sites is 2. The molecule has 0 aliphatic heterocycles. The van der Waals surface area contributed by atoms with Crippen LogP contribution in [0.15, 0.2) is 54.2 Å². The minimum atomic E-state index is -0.0672. The van der Waals surface area contributed by atoms with Gasteiger partial charge < -0.3 is 31.8 Å². The van der Waals surface area contributed by atoms with E-state index in [9.17, 15) is 4.79 Å². The maximum atomic E-state index is 13.1. The van der Waals surface area contributed by atoms with Crippen LogP contribution in [0.1, 0.15) is 100.0 Å². The van der Waals surface area contributed by atoms with Crippen molar-refractivity contribution in [2.45, 2.75) is 104 Å². The summed E-state index contributed by atoms with van der Waals surface area (Å²) in [5.41, 5.74) is 4.86. The Bertz CT molecular complexity index is 1150. The molecular weight excluding hydrogens is 596 g/mol. The first-order chi connectivity index (χ1) is 19.6. The minimum absolute atomic E-state index is 0. The lowest BCUT2D eigenvalue weighted by Gasteiger charge is -2.15. The van der Waals surface area contributed by atoms with Crippen LogP contribution in [0.5, 0.6) is 11.5 Å². The lowest BCUT2D eigenvalue weighted by Crippen LogP contribution is -3.00. The molecule has 0 saturated heterocycles. The summed E-state index contributed by atoms with van der Waals surface area (Å²) in [5.74, 6) is 1.29. The Balaban J connectivity index is 0.00000588. The molecule has 0 saturated carbocycles. The largest absolute Gasteiger partial charge is 1.00 e. The maximum Gasteiger partial charge on any atom is 0.228 e. The molecule has 3 aromatic rings. The van der Waals surface area contributed by atoms with Crippen molar-refractivity contribution in [1.82, 2.24) is 0 Å². The number of rotatable bonds is 20. The van der Waals surface area contributed by atoms with Crippen molar-refractivity contribution in [3.05, 3.63) is 70.2 Å². The van der Waals surface area contributed by atoms with Crippen LogP contribution in [-0.4, -0.2) is 19.6 Å². The van der Waals surface area contributed by atoms with Crippen molar-refractivity contribution >= 4 is 22.9 Å². The summed E-state index contributed by atoms with van der Waals surface area (Å²) >= 11 is 1.72. The molecule has 2 aromatic carbocycles. The number of halogens is 1. The molecule has 1 amide bonds. The third kappa shape index (κ3) is 13.0. The molecule has 7 heteroatoms. The van der Waals surface area contributed by atoms with Gasteiger partial charge in [0.05, 0.1) is 30.7 Å². The zero-order valence-electron chi connectivity index (χ0n) is 25.3. The molecule has 3 rings (SSSR count). The second-order valence-electron chi connectivity index (χ2n) is 10.7. The second kappa shape index (κ2) is 20.5. The Morgan fingerprint density at radius 2 is 1.49 bits per heavy atom. The summed E-state index contributed by atoms with van der Waals surface area (Å²) in [7, 11) is 1.65. The SMILES string of the molecule is CCCCCCCCCCCCCCOc1c(CC(=O)Nc2ccccc2C[n+]2csc(C)c2)cccc1OC.[Br-]. The van der Waals surface area contributed by atoms with Crippen LogP contribution in [-0.2, 0) is 17.8 Å². The molecule has 0 spiro atoms. The fourth-order valence-corrected chi connectivity index (χ4v) is 5.65. The van der Waals surface area contributed by atoms with E-state index in [2.05, 4.69) is 41.5 Å². The van der Waals surface area contributed by atoms with Crippen LogP contribution in [0, 0.1) is 6.92 Å². The zero-order valence-corrected chi connectivity index (χ0v) is 27.7. The number of aryl methyl sites for hydroxylation is 1. The third-order valence-electron chi connectivity index (χ3n) is 7.24. The minimum Gasteiger partial charge on any atom is -1.00 e. The average molecular weight is 646 g/mol.